The van der Waals surface area contributed by atoms with Crippen LogP contribution in [-0.4, -0.2) is 24.0 Å². The lowest BCUT2D eigenvalue weighted by atomic mass is 10.0. The molecule has 1 aromatic heterocycles. The van der Waals surface area contributed by atoms with Crippen LogP contribution in [0.1, 0.15) is 49.0 Å². The maximum absolute atomic E-state index is 12.3. The molecule has 24 heavy (non-hydrogen) atoms. The van der Waals surface area contributed by atoms with Crippen molar-refractivity contribution in [2.75, 3.05) is 12.4 Å². The monoisotopic (exact) mass is 348 g/mol. The summed E-state index contributed by atoms with van der Waals surface area (Å²) in [5, 5.41) is 4.12. The van der Waals surface area contributed by atoms with Gasteiger partial charge in [-0.3, -0.25) is 4.79 Å². The van der Waals surface area contributed by atoms with E-state index in [0.29, 0.717) is 28.4 Å². The highest BCUT2D eigenvalue weighted by atomic mass is 35.5. The minimum absolute atomic E-state index is 0.0899. The number of methoxy groups -OCH3 is 1. The van der Waals surface area contributed by atoms with E-state index in [-0.39, 0.29) is 11.6 Å². The van der Waals surface area contributed by atoms with Gasteiger partial charge in [0.2, 0.25) is 5.91 Å². The van der Waals surface area contributed by atoms with Gasteiger partial charge in [-0.2, -0.15) is 0 Å². The van der Waals surface area contributed by atoms with Gasteiger partial charge < -0.3 is 15.0 Å². The number of nitrogens with one attached hydrogen (secondary N) is 2. The summed E-state index contributed by atoms with van der Waals surface area (Å²) in [5.74, 6) is 0.0367. The number of hydrogen-bond donors (Lipinski definition) is 2. The van der Waals surface area contributed by atoms with Gasteiger partial charge >= 0.3 is 5.97 Å². The standard InChI is InChI=1S/C18H21ClN2O3/c1-24-18(23)17-16(13-10-12(19)7-8-14(13)20-17)21-15(22)9-6-11-4-2-3-5-11/h7-8,10-11,20H,2-6,9H2,1H3,(H,21,22). The summed E-state index contributed by atoms with van der Waals surface area (Å²) >= 11 is 6.05. The molecule has 0 saturated heterocycles. The quantitative estimate of drug-likeness (QED) is 0.780. The number of aromatic nitrogens is 1. The van der Waals surface area contributed by atoms with Crippen LogP contribution in [0.3, 0.4) is 0 Å². The fourth-order valence-corrected chi connectivity index (χ4v) is 3.56. The van der Waals surface area contributed by atoms with Crippen LogP contribution in [0.4, 0.5) is 5.69 Å². The van der Waals surface area contributed by atoms with E-state index in [0.717, 1.165) is 11.9 Å². The molecule has 0 bridgehead atoms. The number of fused-ring (bicyclic) bond motifs is 1. The summed E-state index contributed by atoms with van der Waals surface area (Å²) in [4.78, 5) is 27.3. The Morgan fingerprint density at radius 2 is 2.08 bits per heavy atom. The zero-order chi connectivity index (χ0) is 17.1. The summed E-state index contributed by atoms with van der Waals surface area (Å²) in [6.07, 6.45) is 6.30. The number of ether oxygens (including phenoxy) is 1. The highest BCUT2D eigenvalue weighted by molar-refractivity contribution is 6.31. The molecule has 2 N–H and O–H groups in total. The largest absolute Gasteiger partial charge is 0.464 e. The van der Waals surface area contributed by atoms with Crippen LogP contribution in [0, 0.1) is 5.92 Å². The number of esters is 1. The second-order valence-electron chi connectivity index (χ2n) is 6.29. The number of anilines is 1. The number of carbonyl (C=O) groups excluding carboxylic acids is 2. The minimum atomic E-state index is -0.520. The smallest absolute Gasteiger partial charge is 0.356 e. The Morgan fingerprint density at radius 1 is 1.33 bits per heavy atom. The molecule has 1 fully saturated rings. The van der Waals surface area contributed by atoms with Gasteiger partial charge in [-0.25, -0.2) is 4.79 Å². The molecule has 1 aliphatic carbocycles. The predicted octanol–water partition coefficient (Wildman–Crippen LogP) is 4.52. The van der Waals surface area contributed by atoms with Gasteiger partial charge in [-0.1, -0.05) is 37.3 Å². The Bertz CT molecular complexity index is 763. The third kappa shape index (κ3) is 3.56. The first-order valence-corrected chi connectivity index (χ1v) is 8.65. The summed E-state index contributed by atoms with van der Waals surface area (Å²) in [5.41, 5.74) is 1.41. The van der Waals surface area contributed by atoms with E-state index in [2.05, 4.69) is 10.3 Å². The number of aromatic amines is 1. The topological polar surface area (TPSA) is 71.2 Å². The van der Waals surface area contributed by atoms with E-state index in [1.165, 1.54) is 32.8 Å². The number of H-pyrrole nitrogens is 1. The summed E-state index contributed by atoms with van der Waals surface area (Å²) in [6, 6.07) is 5.23. The fraction of sp³-hybridized carbons (Fsp3) is 0.444. The zero-order valence-electron chi connectivity index (χ0n) is 13.7. The Kier molecular flexibility index (Phi) is 5.09. The normalized spacial score (nSPS) is 14.9. The lowest BCUT2D eigenvalue weighted by molar-refractivity contribution is -0.116. The van der Waals surface area contributed by atoms with Gasteiger partial charge in [0.1, 0.15) is 5.69 Å². The molecular weight excluding hydrogens is 328 g/mol. The molecule has 1 aliphatic rings. The molecule has 1 heterocycles. The van der Waals surface area contributed by atoms with Crippen molar-refractivity contribution in [2.45, 2.75) is 38.5 Å². The molecule has 1 aromatic carbocycles. The van der Waals surface area contributed by atoms with E-state index >= 15 is 0 Å². The van der Waals surface area contributed by atoms with Gasteiger partial charge in [0, 0.05) is 22.3 Å². The third-order valence-corrected chi connectivity index (χ3v) is 4.90. The molecule has 1 amide bonds. The second-order valence-corrected chi connectivity index (χ2v) is 6.73. The molecule has 0 atom stereocenters. The average molecular weight is 349 g/mol. The predicted molar refractivity (Wildman–Crippen MR) is 94.5 cm³/mol. The van der Waals surface area contributed by atoms with E-state index in [1.807, 2.05) is 0 Å². The fourth-order valence-electron chi connectivity index (χ4n) is 3.39. The van der Waals surface area contributed by atoms with Crippen molar-refractivity contribution in [2.24, 2.45) is 5.92 Å². The Morgan fingerprint density at radius 3 is 2.79 bits per heavy atom. The van der Waals surface area contributed by atoms with Crippen molar-refractivity contribution in [3.63, 3.8) is 0 Å². The number of hydrogen-bond acceptors (Lipinski definition) is 3. The van der Waals surface area contributed by atoms with Crippen LogP contribution in [0.5, 0.6) is 0 Å². The molecule has 5 nitrogen and oxygen atoms in total. The lowest BCUT2D eigenvalue weighted by Crippen LogP contribution is -2.15. The van der Waals surface area contributed by atoms with Crippen LogP contribution in [0.25, 0.3) is 10.9 Å². The third-order valence-electron chi connectivity index (χ3n) is 4.67. The molecule has 0 radical (unpaired) electrons. The van der Waals surface area contributed by atoms with E-state index in [4.69, 9.17) is 16.3 Å². The number of carbonyl (C=O) groups is 2. The molecular formula is C18H21ClN2O3. The number of halogens is 1. The van der Waals surface area contributed by atoms with Crippen molar-refractivity contribution < 1.29 is 14.3 Å². The Labute approximate surface area is 145 Å². The highest BCUT2D eigenvalue weighted by Crippen LogP contribution is 2.32. The maximum Gasteiger partial charge on any atom is 0.356 e. The molecule has 0 spiro atoms. The van der Waals surface area contributed by atoms with Crippen LogP contribution in [0.2, 0.25) is 5.02 Å². The summed E-state index contributed by atoms with van der Waals surface area (Å²) in [6.45, 7) is 0. The van der Waals surface area contributed by atoms with Crippen molar-refractivity contribution in [1.29, 1.82) is 0 Å². The molecule has 0 unspecified atom stereocenters. The molecule has 0 aliphatic heterocycles. The second kappa shape index (κ2) is 7.26. The maximum atomic E-state index is 12.3. The van der Waals surface area contributed by atoms with E-state index in [1.54, 1.807) is 18.2 Å². The Hall–Kier alpha value is -2.01. The molecule has 3 rings (SSSR count). The van der Waals surface area contributed by atoms with Crippen LogP contribution in [0.15, 0.2) is 18.2 Å². The van der Waals surface area contributed by atoms with E-state index < -0.39 is 5.97 Å². The van der Waals surface area contributed by atoms with Crippen LogP contribution < -0.4 is 5.32 Å². The van der Waals surface area contributed by atoms with Crippen LogP contribution >= 0.6 is 11.6 Å². The van der Waals surface area contributed by atoms with Gasteiger partial charge in [0.25, 0.3) is 0 Å². The zero-order valence-corrected chi connectivity index (χ0v) is 14.4. The van der Waals surface area contributed by atoms with Crippen molar-refractivity contribution in [1.82, 2.24) is 4.98 Å². The van der Waals surface area contributed by atoms with Gasteiger partial charge in [0.05, 0.1) is 12.8 Å². The van der Waals surface area contributed by atoms with E-state index in [9.17, 15) is 9.59 Å². The average Bonchev–Trinajstić information content (AvgIpc) is 3.20. The van der Waals surface area contributed by atoms with Gasteiger partial charge in [-0.15, -0.1) is 0 Å². The number of rotatable bonds is 5. The lowest BCUT2D eigenvalue weighted by Gasteiger charge is -2.10. The molecule has 128 valence electrons. The SMILES string of the molecule is COC(=O)c1[nH]c2ccc(Cl)cc2c1NC(=O)CCC1CCCC1. The number of benzene rings is 1. The molecule has 1 saturated carbocycles. The van der Waals surface area contributed by atoms with Crippen molar-refractivity contribution >= 4 is 40.1 Å². The summed E-state index contributed by atoms with van der Waals surface area (Å²) < 4.78 is 4.81. The molecule has 2 aromatic rings. The van der Waals surface area contributed by atoms with Gasteiger partial charge in [0.15, 0.2) is 0 Å². The van der Waals surface area contributed by atoms with Crippen molar-refractivity contribution in [3.05, 3.63) is 28.9 Å². The first-order valence-electron chi connectivity index (χ1n) is 8.28. The van der Waals surface area contributed by atoms with Gasteiger partial charge in [-0.05, 0) is 30.5 Å². The first kappa shape index (κ1) is 16.8. The van der Waals surface area contributed by atoms with Crippen LogP contribution in [-0.2, 0) is 9.53 Å². The highest BCUT2D eigenvalue weighted by Gasteiger charge is 2.21. The number of amides is 1. The van der Waals surface area contributed by atoms with Crippen molar-refractivity contribution in [3.8, 4) is 0 Å². The summed E-state index contributed by atoms with van der Waals surface area (Å²) in [7, 11) is 1.31. The molecule has 6 heteroatoms. The Balaban J connectivity index is 1.81. The first-order chi connectivity index (χ1) is 11.6. The minimum Gasteiger partial charge on any atom is -0.464 e.